The predicted octanol–water partition coefficient (Wildman–Crippen LogP) is 2.36. The van der Waals surface area contributed by atoms with Gasteiger partial charge in [0.05, 0.1) is 6.42 Å². The number of carbonyl (C=O) groups is 1. The van der Waals surface area contributed by atoms with Gasteiger partial charge in [-0.25, -0.2) is 5.84 Å². The van der Waals surface area contributed by atoms with Crippen molar-refractivity contribution in [2.45, 2.75) is 26.4 Å². The summed E-state index contributed by atoms with van der Waals surface area (Å²) >= 11 is 0. The lowest BCUT2D eigenvalue weighted by Gasteiger charge is -2.11. The fourth-order valence-corrected chi connectivity index (χ4v) is 2.08. The van der Waals surface area contributed by atoms with Crippen LogP contribution in [-0.4, -0.2) is 5.91 Å². The average Bonchev–Trinajstić information content (AvgIpc) is 2.54. The summed E-state index contributed by atoms with van der Waals surface area (Å²) in [7, 11) is 0. The van der Waals surface area contributed by atoms with Crippen molar-refractivity contribution in [3.05, 3.63) is 65.2 Å². The Balaban J connectivity index is 2.03. The van der Waals surface area contributed by atoms with Crippen LogP contribution in [-0.2, 0) is 24.2 Å². The third-order valence-corrected chi connectivity index (χ3v) is 3.36. The topological polar surface area (TPSA) is 64.3 Å². The third kappa shape index (κ3) is 4.33. The smallest absolute Gasteiger partial charge is 0.238 e. The first kappa shape index (κ1) is 15.1. The molecule has 3 N–H and O–H groups in total. The minimum atomic E-state index is -0.213. The Labute approximate surface area is 124 Å². The molecule has 0 aliphatic rings. The molecule has 0 bridgehead atoms. The normalized spacial score (nSPS) is 10.2. The Hall–Kier alpha value is -2.33. The number of nitrogens with two attached hydrogens (primary N) is 1. The number of carbonyl (C=O) groups excluding carboxylic acids is 1. The molecule has 0 fully saturated rings. The molecule has 2 rings (SSSR count). The lowest BCUT2D eigenvalue weighted by Crippen LogP contribution is -2.31. The molecule has 0 heterocycles. The van der Waals surface area contributed by atoms with Crippen molar-refractivity contribution < 1.29 is 9.53 Å². The van der Waals surface area contributed by atoms with Crippen molar-refractivity contribution in [2.75, 3.05) is 0 Å². The number of rotatable bonds is 6. The van der Waals surface area contributed by atoms with E-state index in [-0.39, 0.29) is 12.3 Å². The Bertz CT molecular complexity index is 594. The summed E-state index contributed by atoms with van der Waals surface area (Å²) in [5.74, 6) is 5.74. The zero-order chi connectivity index (χ0) is 15.1. The van der Waals surface area contributed by atoms with Crippen molar-refractivity contribution >= 4 is 5.91 Å². The molecule has 0 saturated carbocycles. The minimum Gasteiger partial charge on any atom is -0.489 e. The van der Waals surface area contributed by atoms with E-state index in [0.717, 1.165) is 23.3 Å². The molecule has 0 spiro atoms. The van der Waals surface area contributed by atoms with Gasteiger partial charge in [-0.3, -0.25) is 10.2 Å². The van der Waals surface area contributed by atoms with Crippen LogP contribution >= 0.6 is 0 Å². The van der Waals surface area contributed by atoms with Crippen LogP contribution in [0.25, 0.3) is 0 Å². The second-order valence-corrected chi connectivity index (χ2v) is 4.80. The van der Waals surface area contributed by atoms with Gasteiger partial charge < -0.3 is 4.74 Å². The predicted molar refractivity (Wildman–Crippen MR) is 82.6 cm³/mol. The summed E-state index contributed by atoms with van der Waals surface area (Å²) in [5, 5.41) is 0. The molecule has 1 amide bonds. The minimum absolute atomic E-state index is 0.213. The molecule has 0 atom stereocenters. The Morgan fingerprint density at radius 2 is 1.76 bits per heavy atom. The van der Waals surface area contributed by atoms with Gasteiger partial charge in [0.15, 0.2) is 0 Å². The fourth-order valence-electron chi connectivity index (χ4n) is 2.08. The van der Waals surface area contributed by atoms with E-state index in [1.807, 2.05) is 36.4 Å². The monoisotopic (exact) mass is 284 g/mol. The van der Waals surface area contributed by atoms with Gasteiger partial charge in [0.2, 0.25) is 5.91 Å². The molecular weight excluding hydrogens is 264 g/mol. The van der Waals surface area contributed by atoms with Gasteiger partial charge in [-0.1, -0.05) is 43.3 Å². The number of hydrogen-bond donors (Lipinski definition) is 2. The number of benzene rings is 2. The van der Waals surface area contributed by atoms with Gasteiger partial charge in [0, 0.05) is 0 Å². The molecule has 4 nitrogen and oxygen atoms in total. The number of hydrogen-bond acceptors (Lipinski definition) is 3. The molecule has 0 saturated heterocycles. The highest BCUT2D eigenvalue weighted by atomic mass is 16.5. The zero-order valence-corrected chi connectivity index (χ0v) is 12.1. The maximum atomic E-state index is 11.4. The highest BCUT2D eigenvalue weighted by Gasteiger charge is 2.07. The molecule has 0 unspecified atom stereocenters. The van der Waals surface area contributed by atoms with Gasteiger partial charge in [0.25, 0.3) is 0 Å². The summed E-state index contributed by atoms with van der Waals surface area (Å²) in [4.78, 5) is 11.4. The maximum Gasteiger partial charge on any atom is 0.238 e. The van der Waals surface area contributed by atoms with Crippen LogP contribution in [0.1, 0.15) is 23.6 Å². The highest BCUT2D eigenvalue weighted by molar-refractivity contribution is 5.78. The first-order valence-electron chi connectivity index (χ1n) is 7.01. The largest absolute Gasteiger partial charge is 0.489 e. The quantitative estimate of drug-likeness (QED) is 0.486. The maximum absolute atomic E-state index is 11.4. The molecule has 21 heavy (non-hydrogen) atoms. The summed E-state index contributed by atoms with van der Waals surface area (Å²) in [6, 6.07) is 15.8. The zero-order valence-electron chi connectivity index (χ0n) is 12.1. The molecule has 2 aromatic rings. The van der Waals surface area contributed by atoms with E-state index in [4.69, 9.17) is 10.6 Å². The van der Waals surface area contributed by atoms with Gasteiger partial charge in [-0.05, 0) is 35.2 Å². The first-order chi connectivity index (χ1) is 10.2. The van der Waals surface area contributed by atoms with Crippen LogP contribution in [0.15, 0.2) is 48.5 Å². The van der Waals surface area contributed by atoms with Crippen molar-refractivity contribution in [1.29, 1.82) is 0 Å². The van der Waals surface area contributed by atoms with E-state index in [9.17, 15) is 4.79 Å². The number of amides is 1. The summed E-state index contributed by atoms with van der Waals surface area (Å²) in [6.07, 6.45) is 1.27. The second-order valence-electron chi connectivity index (χ2n) is 4.80. The van der Waals surface area contributed by atoms with Crippen molar-refractivity contribution in [3.8, 4) is 5.75 Å². The molecule has 110 valence electrons. The van der Waals surface area contributed by atoms with Gasteiger partial charge in [-0.2, -0.15) is 0 Å². The number of aryl methyl sites for hydroxylation is 1. The van der Waals surface area contributed by atoms with E-state index in [2.05, 4.69) is 24.5 Å². The van der Waals surface area contributed by atoms with Crippen LogP contribution in [0.4, 0.5) is 0 Å². The van der Waals surface area contributed by atoms with Crippen LogP contribution < -0.4 is 16.0 Å². The number of ether oxygens (including phenoxy) is 1. The van der Waals surface area contributed by atoms with E-state index >= 15 is 0 Å². The average molecular weight is 284 g/mol. The number of hydrazine groups is 1. The molecule has 0 aliphatic carbocycles. The second kappa shape index (κ2) is 7.45. The van der Waals surface area contributed by atoms with E-state index < -0.39 is 0 Å². The Morgan fingerprint density at radius 3 is 2.38 bits per heavy atom. The molecular formula is C17H20N2O2. The number of nitrogens with one attached hydrogen (secondary N) is 1. The van der Waals surface area contributed by atoms with E-state index in [1.165, 1.54) is 5.56 Å². The molecule has 4 heteroatoms. The summed E-state index contributed by atoms with van der Waals surface area (Å²) < 4.78 is 5.78. The first-order valence-corrected chi connectivity index (χ1v) is 7.01. The van der Waals surface area contributed by atoms with Gasteiger partial charge in [-0.15, -0.1) is 0 Å². The Kier molecular flexibility index (Phi) is 5.35. The fraction of sp³-hybridized carbons (Fsp3) is 0.235. The highest BCUT2D eigenvalue weighted by Crippen LogP contribution is 2.16. The summed E-state index contributed by atoms with van der Waals surface area (Å²) in [5.41, 5.74) is 5.34. The van der Waals surface area contributed by atoms with Crippen molar-refractivity contribution in [2.24, 2.45) is 5.84 Å². The molecule has 0 aromatic heterocycles. The van der Waals surface area contributed by atoms with Crippen molar-refractivity contribution in [1.82, 2.24) is 5.43 Å². The summed E-state index contributed by atoms with van der Waals surface area (Å²) in [6.45, 7) is 2.55. The van der Waals surface area contributed by atoms with E-state index in [0.29, 0.717) is 6.61 Å². The van der Waals surface area contributed by atoms with Gasteiger partial charge >= 0.3 is 0 Å². The van der Waals surface area contributed by atoms with Crippen LogP contribution in [0.5, 0.6) is 5.75 Å². The molecule has 0 radical (unpaired) electrons. The van der Waals surface area contributed by atoms with Crippen molar-refractivity contribution in [3.63, 3.8) is 0 Å². The molecule has 2 aromatic carbocycles. The molecule has 0 aliphatic heterocycles. The SMILES string of the molecule is CCc1ccc(OCc2ccccc2CC(=O)NN)cc1. The van der Waals surface area contributed by atoms with E-state index in [1.54, 1.807) is 0 Å². The van der Waals surface area contributed by atoms with Crippen LogP contribution in [0.3, 0.4) is 0 Å². The lowest BCUT2D eigenvalue weighted by atomic mass is 10.1. The van der Waals surface area contributed by atoms with Gasteiger partial charge in [0.1, 0.15) is 12.4 Å². The third-order valence-electron chi connectivity index (χ3n) is 3.36. The Morgan fingerprint density at radius 1 is 1.10 bits per heavy atom. The van der Waals surface area contributed by atoms with Crippen LogP contribution in [0, 0.1) is 0 Å². The van der Waals surface area contributed by atoms with Crippen LogP contribution in [0.2, 0.25) is 0 Å². The standard InChI is InChI=1S/C17H20N2O2/c1-2-13-7-9-16(10-8-13)21-12-15-6-4-3-5-14(15)11-17(20)19-18/h3-10H,2,11-12,18H2,1H3,(H,19,20). The lowest BCUT2D eigenvalue weighted by molar-refractivity contribution is -0.120.